The van der Waals surface area contributed by atoms with Gasteiger partial charge >= 0.3 is 0 Å². The second kappa shape index (κ2) is 14.2. The Balaban J connectivity index is 0.00000253. The molecule has 0 unspecified atom stereocenters. The Morgan fingerprint density at radius 3 is 2.32 bits per heavy atom. The average molecular weight is 582 g/mol. The number of hydrogen-bond acceptors (Lipinski definition) is 6. The van der Waals surface area contributed by atoms with Crippen LogP contribution in [-0.4, -0.2) is 52.5 Å². The lowest BCUT2D eigenvalue weighted by Crippen LogP contribution is -2.35. The summed E-state index contributed by atoms with van der Waals surface area (Å²) in [6.45, 7) is 2.57. The molecule has 0 spiro atoms. The number of benzene rings is 3. The van der Waals surface area contributed by atoms with Crippen LogP contribution in [0.4, 0.5) is 11.4 Å². The first-order valence-electron chi connectivity index (χ1n) is 12.1. The Kier molecular flexibility index (Phi) is 11.7. The molecule has 3 aromatic rings. The van der Waals surface area contributed by atoms with Crippen molar-refractivity contribution in [2.75, 3.05) is 43.3 Å². The number of carbonyl (C=O) groups excluding carboxylic acids is 1. The zero-order valence-electron chi connectivity index (χ0n) is 21.2. The number of nitrogens with two attached hydrogens (primary N) is 1. The van der Waals surface area contributed by atoms with Crippen molar-refractivity contribution in [2.24, 2.45) is 5.73 Å². The summed E-state index contributed by atoms with van der Waals surface area (Å²) in [6, 6.07) is 19.3. The van der Waals surface area contributed by atoms with E-state index in [1.54, 1.807) is 42.5 Å². The third kappa shape index (κ3) is 7.54. The number of likely N-dealkylation sites (tertiary alicyclic amines) is 1. The summed E-state index contributed by atoms with van der Waals surface area (Å²) in [6.07, 6.45) is 3.18. The molecule has 206 valence electrons. The molecule has 38 heavy (non-hydrogen) atoms. The Morgan fingerprint density at radius 1 is 0.921 bits per heavy atom. The molecule has 0 aromatic heterocycles. The molecule has 3 aromatic carbocycles. The number of methoxy groups -OCH3 is 1. The van der Waals surface area contributed by atoms with E-state index in [9.17, 15) is 13.2 Å². The lowest BCUT2D eigenvalue weighted by molar-refractivity contribution is 0.0724. The third-order valence-electron chi connectivity index (χ3n) is 6.13. The van der Waals surface area contributed by atoms with Crippen LogP contribution in [0, 0.1) is 0 Å². The molecular formula is C27H34Cl2N4O4S. The van der Waals surface area contributed by atoms with Gasteiger partial charge in [0, 0.05) is 37.4 Å². The number of halogens is 2. The van der Waals surface area contributed by atoms with Gasteiger partial charge in [-0.05, 0) is 72.9 Å². The van der Waals surface area contributed by atoms with Gasteiger partial charge in [0.05, 0.1) is 12.8 Å². The number of amides is 1. The zero-order chi connectivity index (χ0) is 25.5. The number of hydrogen-bond donors (Lipinski definition) is 3. The predicted molar refractivity (Wildman–Crippen MR) is 157 cm³/mol. The van der Waals surface area contributed by atoms with Crippen molar-refractivity contribution < 1.29 is 17.9 Å². The highest BCUT2D eigenvalue weighted by Crippen LogP contribution is 2.32. The van der Waals surface area contributed by atoms with Crippen LogP contribution in [0.25, 0.3) is 11.1 Å². The Hall–Kier alpha value is -2.98. The van der Waals surface area contributed by atoms with Crippen LogP contribution in [0.3, 0.4) is 0 Å². The highest BCUT2D eigenvalue weighted by molar-refractivity contribution is 7.92. The average Bonchev–Trinajstić information content (AvgIpc) is 2.91. The largest absolute Gasteiger partial charge is 0.495 e. The number of nitrogens with zero attached hydrogens (tertiary/aromatic N) is 1. The van der Waals surface area contributed by atoms with Gasteiger partial charge in [-0.15, -0.1) is 24.8 Å². The number of piperidine rings is 1. The van der Waals surface area contributed by atoms with Crippen molar-refractivity contribution in [3.63, 3.8) is 0 Å². The summed E-state index contributed by atoms with van der Waals surface area (Å²) >= 11 is 0. The first kappa shape index (κ1) is 31.2. The fourth-order valence-corrected chi connectivity index (χ4v) is 5.54. The Labute approximate surface area is 236 Å². The number of carbonyl (C=O) groups is 1. The van der Waals surface area contributed by atoms with Crippen LogP contribution in [0.2, 0.25) is 0 Å². The molecule has 1 aliphatic rings. The molecule has 4 N–H and O–H groups in total. The smallest absolute Gasteiger partial charge is 0.265 e. The molecule has 0 aliphatic carbocycles. The van der Waals surface area contributed by atoms with Gasteiger partial charge in [-0.25, -0.2) is 8.42 Å². The standard InChI is InChI=1S/C27H32N4O4S.2ClH/c1-35-25-12-11-21(20-7-5-8-22(17-20)27(32)31-15-3-2-4-16-31)18-26(25)36(33,34)30-24-10-6-9-23(19-24)29-14-13-28;;/h5-12,17-19,29-30H,2-4,13-16,28H2,1H3;2*1H. The lowest BCUT2D eigenvalue weighted by atomic mass is 10.0. The molecule has 8 nitrogen and oxygen atoms in total. The van der Waals surface area contributed by atoms with E-state index in [1.807, 2.05) is 29.2 Å². The van der Waals surface area contributed by atoms with Crippen molar-refractivity contribution in [3.05, 3.63) is 72.3 Å². The van der Waals surface area contributed by atoms with Gasteiger partial charge < -0.3 is 20.7 Å². The molecule has 0 saturated carbocycles. The number of rotatable bonds is 9. The van der Waals surface area contributed by atoms with E-state index < -0.39 is 10.0 Å². The quantitative estimate of drug-likeness (QED) is 0.328. The lowest BCUT2D eigenvalue weighted by Gasteiger charge is -2.26. The number of ether oxygens (including phenoxy) is 1. The predicted octanol–water partition coefficient (Wildman–Crippen LogP) is 5.00. The first-order chi connectivity index (χ1) is 17.4. The van der Waals surface area contributed by atoms with Gasteiger partial charge in [-0.2, -0.15) is 0 Å². The first-order valence-corrected chi connectivity index (χ1v) is 13.5. The van der Waals surface area contributed by atoms with Crippen LogP contribution in [0.15, 0.2) is 71.6 Å². The van der Waals surface area contributed by atoms with Crippen molar-refractivity contribution >= 4 is 52.1 Å². The van der Waals surface area contributed by atoms with E-state index >= 15 is 0 Å². The SMILES string of the molecule is COc1ccc(-c2cccc(C(=O)N3CCCCC3)c2)cc1S(=O)(=O)Nc1cccc(NCCN)c1.Cl.Cl. The molecule has 0 bridgehead atoms. The van der Waals surface area contributed by atoms with E-state index in [0.29, 0.717) is 29.9 Å². The van der Waals surface area contributed by atoms with Crippen molar-refractivity contribution in [3.8, 4) is 16.9 Å². The maximum absolute atomic E-state index is 13.4. The second-order valence-corrected chi connectivity index (χ2v) is 10.4. The minimum Gasteiger partial charge on any atom is -0.495 e. The summed E-state index contributed by atoms with van der Waals surface area (Å²) in [5, 5.41) is 3.14. The maximum Gasteiger partial charge on any atom is 0.265 e. The second-order valence-electron chi connectivity index (χ2n) is 8.70. The fourth-order valence-electron chi connectivity index (χ4n) is 4.30. The van der Waals surface area contributed by atoms with Gasteiger partial charge in [0.15, 0.2) is 0 Å². The highest BCUT2D eigenvalue weighted by Gasteiger charge is 2.22. The van der Waals surface area contributed by atoms with Crippen LogP contribution in [0.1, 0.15) is 29.6 Å². The van der Waals surface area contributed by atoms with Gasteiger partial charge in [-0.3, -0.25) is 9.52 Å². The molecule has 1 saturated heterocycles. The normalized spacial score (nSPS) is 13.1. The van der Waals surface area contributed by atoms with Crippen molar-refractivity contribution in [1.29, 1.82) is 0 Å². The minimum absolute atomic E-state index is 0. The molecule has 1 heterocycles. The number of nitrogens with one attached hydrogen (secondary N) is 2. The van der Waals surface area contributed by atoms with Gasteiger partial charge in [0.25, 0.3) is 15.9 Å². The van der Waals surface area contributed by atoms with Gasteiger partial charge in [0.2, 0.25) is 0 Å². The molecule has 0 radical (unpaired) electrons. The topological polar surface area (TPSA) is 114 Å². The zero-order valence-corrected chi connectivity index (χ0v) is 23.6. The Morgan fingerprint density at radius 2 is 1.61 bits per heavy atom. The highest BCUT2D eigenvalue weighted by atomic mass is 35.5. The van der Waals surface area contributed by atoms with E-state index in [2.05, 4.69) is 10.0 Å². The van der Waals surface area contributed by atoms with E-state index in [4.69, 9.17) is 10.5 Å². The molecule has 0 atom stereocenters. The van der Waals surface area contributed by atoms with Crippen LogP contribution in [-0.2, 0) is 10.0 Å². The van der Waals surface area contributed by atoms with Crippen LogP contribution in [0.5, 0.6) is 5.75 Å². The molecule has 1 fully saturated rings. The Bertz CT molecular complexity index is 1330. The van der Waals surface area contributed by atoms with Crippen LogP contribution >= 0.6 is 24.8 Å². The van der Waals surface area contributed by atoms with Gasteiger partial charge in [-0.1, -0.05) is 24.3 Å². The summed E-state index contributed by atoms with van der Waals surface area (Å²) in [7, 11) is -2.54. The fraction of sp³-hybridized carbons (Fsp3) is 0.296. The molecule has 11 heteroatoms. The number of sulfonamides is 1. The van der Waals surface area contributed by atoms with Crippen molar-refractivity contribution in [1.82, 2.24) is 4.90 Å². The maximum atomic E-state index is 13.4. The van der Waals surface area contributed by atoms with E-state index in [0.717, 1.165) is 43.6 Å². The molecule has 1 amide bonds. The van der Waals surface area contributed by atoms with Crippen LogP contribution < -0.4 is 20.5 Å². The summed E-state index contributed by atoms with van der Waals surface area (Å²) in [5.41, 5.74) is 8.73. The summed E-state index contributed by atoms with van der Waals surface area (Å²) in [4.78, 5) is 14.9. The van der Waals surface area contributed by atoms with E-state index in [1.165, 1.54) is 7.11 Å². The molecular weight excluding hydrogens is 547 g/mol. The molecule has 4 rings (SSSR count). The van der Waals surface area contributed by atoms with Gasteiger partial charge in [0.1, 0.15) is 10.6 Å². The monoisotopic (exact) mass is 580 g/mol. The van der Waals surface area contributed by atoms with E-state index in [-0.39, 0.29) is 41.4 Å². The molecule has 1 aliphatic heterocycles. The minimum atomic E-state index is -3.97. The summed E-state index contributed by atoms with van der Waals surface area (Å²) < 4.78 is 34.8. The number of anilines is 2. The third-order valence-corrected chi connectivity index (χ3v) is 7.53. The summed E-state index contributed by atoms with van der Waals surface area (Å²) in [5.74, 6) is 0.229. The van der Waals surface area contributed by atoms with Crippen molar-refractivity contribution in [2.45, 2.75) is 24.2 Å².